The van der Waals surface area contributed by atoms with Crippen molar-refractivity contribution in [3.05, 3.63) is 60.4 Å². The molecule has 4 rings (SSSR count). The molecule has 0 radical (unpaired) electrons. The predicted molar refractivity (Wildman–Crippen MR) is 91.0 cm³/mol. The SMILES string of the molecule is Cc1ccc(Nc2ncnc3c2oc2ccccc23)cc1.Cl. The van der Waals surface area contributed by atoms with Crippen molar-refractivity contribution in [3.63, 3.8) is 0 Å². The summed E-state index contributed by atoms with van der Waals surface area (Å²) in [6.07, 6.45) is 1.56. The number of para-hydroxylation sites is 1. The van der Waals surface area contributed by atoms with E-state index in [0.717, 1.165) is 22.2 Å². The monoisotopic (exact) mass is 311 g/mol. The first-order valence-electron chi connectivity index (χ1n) is 6.77. The van der Waals surface area contributed by atoms with E-state index in [0.29, 0.717) is 11.4 Å². The fraction of sp³-hybridized carbons (Fsp3) is 0.0588. The number of fused-ring (bicyclic) bond motifs is 3. The van der Waals surface area contributed by atoms with Crippen LogP contribution in [0.15, 0.2) is 59.3 Å². The molecule has 2 aromatic carbocycles. The Balaban J connectivity index is 0.00000144. The number of hydrogen-bond acceptors (Lipinski definition) is 4. The van der Waals surface area contributed by atoms with E-state index < -0.39 is 0 Å². The molecule has 0 aliphatic heterocycles. The number of anilines is 2. The molecule has 2 heterocycles. The molecule has 2 aromatic heterocycles. The number of halogens is 1. The van der Waals surface area contributed by atoms with Gasteiger partial charge in [-0.05, 0) is 31.2 Å². The summed E-state index contributed by atoms with van der Waals surface area (Å²) >= 11 is 0. The third-order valence-electron chi connectivity index (χ3n) is 3.47. The zero-order valence-electron chi connectivity index (χ0n) is 11.9. The Morgan fingerprint density at radius 1 is 0.955 bits per heavy atom. The summed E-state index contributed by atoms with van der Waals surface area (Å²) in [7, 11) is 0. The third-order valence-corrected chi connectivity index (χ3v) is 3.47. The first-order chi connectivity index (χ1) is 10.3. The Hall–Kier alpha value is -2.59. The zero-order valence-corrected chi connectivity index (χ0v) is 12.7. The van der Waals surface area contributed by atoms with Gasteiger partial charge in [-0.25, -0.2) is 9.97 Å². The van der Waals surface area contributed by atoms with Gasteiger partial charge in [-0.1, -0.05) is 29.8 Å². The number of hydrogen-bond donors (Lipinski definition) is 1. The van der Waals surface area contributed by atoms with E-state index in [1.54, 1.807) is 6.33 Å². The van der Waals surface area contributed by atoms with Gasteiger partial charge in [0.15, 0.2) is 11.4 Å². The molecule has 22 heavy (non-hydrogen) atoms. The van der Waals surface area contributed by atoms with Gasteiger partial charge in [-0.2, -0.15) is 0 Å². The third kappa shape index (κ3) is 2.38. The van der Waals surface area contributed by atoms with Crippen LogP contribution in [0.5, 0.6) is 0 Å². The summed E-state index contributed by atoms with van der Waals surface area (Å²) in [6.45, 7) is 2.06. The van der Waals surface area contributed by atoms with Crippen LogP contribution in [-0.2, 0) is 0 Å². The molecule has 0 amide bonds. The largest absolute Gasteiger partial charge is 0.450 e. The number of aryl methyl sites for hydroxylation is 1. The van der Waals surface area contributed by atoms with E-state index in [1.807, 2.05) is 36.4 Å². The number of nitrogens with one attached hydrogen (secondary N) is 1. The Morgan fingerprint density at radius 3 is 2.55 bits per heavy atom. The number of aromatic nitrogens is 2. The summed E-state index contributed by atoms with van der Waals surface area (Å²) in [5.41, 5.74) is 4.52. The van der Waals surface area contributed by atoms with Gasteiger partial charge in [-0.3, -0.25) is 0 Å². The van der Waals surface area contributed by atoms with Crippen molar-refractivity contribution in [2.24, 2.45) is 0 Å². The predicted octanol–water partition coefficient (Wildman–Crippen LogP) is 4.85. The Labute approximate surface area is 133 Å². The van der Waals surface area contributed by atoms with Crippen LogP contribution >= 0.6 is 12.4 Å². The van der Waals surface area contributed by atoms with E-state index in [-0.39, 0.29) is 12.4 Å². The molecule has 0 saturated heterocycles. The molecule has 0 unspecified atom stereocenters. The van der Waals surface area contributed by atoms with Crippen LogP contribution in [0, 0.1) is 6.92 Å². The fourth-order valence-corrected chi connectivity index (χ4v) is 2.39. The standard InChI is InChI=1S/C17H13N3O.ClH/c1-11-6-8-12(9-7-11)20-17-16-15(18-10-19-17)13-4-2-3-5-14(13)21-16;/h2-10H,1H3,(H,18,19,20);1H. The van der Waals surface area contributed by atoms with Crippen LogP contribution in [0.1, 0.15) is 5.56 Å². The summed E-state index contributed by atoms with van der Waals surface area (Å²) in [6, 6.07) is 16.0. The molecule has 110 valence electrons. The highest BCUT2D eigenvalue weighted by Gasteiger charge is 2.12. The first-order valence-corrected chi connectivity index (χ1v) is 6.77. The Morgan fingerprint density at radius 2 is 1.73 bits per heavy atom. The van der Waals surface area contributed by atoms with Crippen molar-refractivity contribution in [2.75, 3.05) is 5.32 Å². The number of furan rings is 1. The normalized spacial score (nSPS) is 10.6. The quantitative estimate of drug-likeness (QED) is 0.575. The van der Waals surface area contributed by atoms with Crippen molar-refractivity contribution in [3.8, 4) is 0 Å². The first kappa shape index (κ1) is 14.4. The van der Waals surface area contributed by atoms with Crippen LogP contribution in [0.25, 0.3) is 22.1 Å². The van der Waals surface area contributed by atoms with Gasteiger partial charge in [0.1, 0.15) is 17.4 Å². The average molecular weight is 312 g/mol. The van der Waals surface area contributed by atoms with Gasteiger partial charge in [0, 0.05) is 11.1 Å². The average Bonchev–Trinajstić information content (AvgIpc) is 2.89. The van der Waals surface area contributed by atoms with E-state index in [2.05, 4.69) is 34.3 Å². The molecule has 0 fully saturated rings. The van der Waals surface area contributed by atoms with Crippen LogP contribution < -0.4 is 5.32 Å². The molecule has 0 saturated carbocycles. The highest BCUT2D eigenvalue weighted by Crippen LogP contribution is 2.31. The van der Waals surface area contributed by atoms with Gasteiger partial charge in [-0.15, -0.1) is 12.4 Å². The van der Waals surface area contributed by atoms with Gasteiger partial charge in [0.2, 0.25) is 0 Å². The maximum Gasteiger partial charge on any atom is 0.196 e. The Kier molecular flexibility index (Phi) is 3.69. The second-order valence-electron chi connectivity index (χ2n) is 4.99. The van der Waals surface area contributed by atoms with Crippen molar-refractivity contribution in [1.29, 1.82) is 0 Å². The highest BCUT2D eigenvalue weighted by atomic mass is 35.5. The minimum Gasteiger partial charge on any atom is -0.450 e. The zero-order chi connectivity index (χ0) is 14.2. The van der Waals surface area contributed by atoms with Crippen LogP contribution in [-0.4, -0.2) is 9.97 Å². The molecular formula is C17H14ClN3O. The second-order valence-corrected chi connectivity index (χ2v) is 4.99. The molecule has 1 N–H and O–H groups in total. The van der Waals surface area contributed by atoms with E-state index in [9.17, 15) is 0 Å². The molecule has 4 aromatic rings. The molecule has 0 bridgehead atoms. The highest BCUT2D eigenvalue weighted by molar-refractivity contribution is 6.05. The fourth-order valence-electron chi connectivity index (χ4n) is 2.39. The van der Waals surface area contributed by atoms with Gasteiger partial charge >= 0.3 is 0 Å². The van der Waals surface area contributed by atoms with Crippen molar-refractivity contribution >= 4 is 46.0 Å². The maximum atomic E-state index is 5.89. The van der Waals surface area contributed by atoms with Crippen molar-refractivity contribution < 1.29 is 4.42 Å². The van der Waals surface area contributed by atoms with Gasteiger partial charge < -0.3 is 9.73 Å². The van der Waals surface area contributed by atoms with E-state index >= 15 is 0 Å². The number of rotatable bonds is 2. The topological polar surface area (TPSA) is 51.0 Å². The summed E-state index contributed by atoms with van der Waals surface area (Å²) in [5, 5.41) is 4.29. The lowest BCUT2D eigenvalue weighted by atomic mass is 10.2. The van der Waals surface area contributed by atoms with Gasteiger partial charge in [0.05, 0.1) is 0 Å². The molecule has 0 spiro atoms. The van der Waals surface area contributed by atoms with E-state index in [4.69, 9.17) is 4.42 Å². The summed E-state index contributed by atoms with van der Waals surface area (Å²) in [4.78, 5) is 8.64. The summed E-state index contributed by atoms with van der Waals surface area (Å²) < 4.78 is 5.89. The maximum absolute atomic E-state index is 5.89. The second kappa shape index (κ2) is 5.66. The lowest BCUT2D eigenvalue weighted by Crippen LogP contribution is -1.94. The van der Waals surface area contributed by atoms with Gasteiger partial charge in [0.25, 0.3) is 0 Å². The number of benzene rings is 2. The molecule has 0 atom stereocenters. The summed E-state index contributed by atoms with van der Waals surface area (Å²) in [5.74, 6) is 0.681. The minimum atomic E-state index is 0. The molecule has 5 heteroatoms. The molecular weight excluding hydrogens is 298 g/mol. The van der Waals surface area contributed by atoms with E-state index in [1.165, 1.54) is 5.56 Å². The lowest BCUT2D eigenvalue weighted by molar-refractivity contribution is 0.667. The Bertz CT molecular complexity index is 932. The number of nitrogens with zero attached hydrogens (tertiary/aromatic N) is 2. The smallest absolute Gasteiger partial charge is 0.196 e. The van der Waals surface area contributed by atoms with Crippen LogP contribution in [0.2, 0.25) is 0 Å². The molecule has 4 nitrogen and oxygen atoms in total. The van der Waals surface area contributed by atoms with Crippen LogP contribution in [0.3, 0.4) is 0 Å². The van der Waals surface area contributed by atoms with Crippen LogP contribution in [0.4, 0.5) is 11.5 Å². The van der Waals surface area contributed by atoms with Crippen molar-refractivity contribution in [2.45, 2.75) is 6.92 Å². The minimum absolute atomic E-state index is 0. The van der Waals surface area contributed by atoms with Crippen molar-refractivity contribution in [1.82, 2.24) is 9.97 Å². The molecule has 0 aliphatic carbocycles. The lowest BCUT2D eigenvalue weighted by Gasteiger charge is -2.05. The molecule has 0 aliphatic rings.